The van der Waals surface area contributed by atoms with Gasteiger partial charge in [-0.2, -0.15) is 21.4 Å². The van der Waals surface area contributed by atoms with Crippen LogP contribution in [0.3, 0.4) is 0 Å². The molecule has 5 nitrogen and oxygen atoms in total. The van der Waals surface area contributed by atoms with Crippen molar-refractivity contribution in [2.45, 2.75) is 11.9 Å². The zero-order chi connectivity index (χ0) is 20.1. The second-order valence-corrected chi connectivity index (χ2v) is 6.94. The quantitative estimate of drug-likeness (QED) is 0.392. The molecule has 0 saturated heterocycles. The number of amides is 1. The molecule has 1 amide bonds. The van der Waals surface area contributed by atoms with E-state index in [-0.39, 0.29) is 5.75 Å². The summed E-state index contributed by atoms with van der Waals surface area (Å²) in [6.07, 6.45) is 3.22. The maximum Gasteiger partial charge on any atom is 0.387 e. The molecule has 1 atom stereocenters. The Kier molecular flexibility index (Phi) is 6.58. The summed E-state index contributed by atoms with van der Waals surface area (Å²) in [5.74, 6) is -0.383. The Hall–Kier alpha value is -2.52. The fraction of sp³-hybridized carbons (Fsp3) is 0.105. The molecule has 9 heteroatoms. The largest absolute Gasteiger partial charge is 0.435 e. The maximum atomic E-state index is 12.7. The molecule has 0 spiro atoms. The van der Waals surface area contributed by atoms with Crippen LogP contribution in [0.2, 0.25) is 0 Å². The van der Waals surface area contributed by atoms with Gasteiger partial charge < -0.3 is 10.1 Å². The van der Waals surface area contributed by atoms with Crippen molar-refractivity contribution >= 4 is 40.2 Å². The Balaban J connectivity index is 1.81. The van der Waals surface area contributed by atoms with Crippen LogP contribution in [0.4, 0.5) is 14.5 Å². The van der Waals surface area contributed by atoms with Gasteiger partial charge in [0, 0.05) is 18.1 Å². The highest BCUT2D eigenvalue weighted by molar-refractivity contribution is 9.10. The van der Waals surface area contributed by atoms with Crippen LogP contribution in [0.1, 0.15) is 26.9 Å². The number of carbonyl (C=O) groups is 1. The first-order valence-electron chi connectivity index (χ1n) is 8.04. The summed E-state index contributed by atoms with van der Waals surface area (Å²) in [6.45, 7) is -2.90. The van der Waals surface area contributed by atoms with Crippen molar-refractivity contribution in [1.82, 2.24) is 9.97 Å². The Morgan fingerprint density at radius 3 is 2.54 bits per heavy atom. The highest BCUT2D eigenvalue weighted by Gasteiger charge is 2.20. The number of pyridine rings is 2. The molecule has 0 aliphatic rings. The first-order chi connectivity index (χ1) is 13.4. The molecule has 0 radical (unpaired) electrons. The first kappa shape index (κ1) is 20.2. The molecule has 0 fully saturated rings. The molecule has 2 aromatic heterocycles. The number of thiol groups is 1. The number of hydrogen-bond acceptors (Lipinski definition) is 5. The van der Waals surface area contributed by atoms with Crippen molar-refractivity contribution in [2.75, 3.05) is 5.32 Å². The van der Waals surface area contributed by atoms with Gasteiger partial charge in [0.25, 0.3) is 5.91 Å². The van der Waals surface area contributed by atoms with Crippen LogP contribution in [0.25, 0.3) is 0 Å². The molecule has 1 unspecified atom stereocenters. The maximum absolute atomic E-state index is 12.7. The van der Waals surface area contributed by atoms with Crippen molar-refractivity contribution in [3.63, 3.8) is 0 Å². The van der Waals surface area contributed by atoms with Gasteiger partial charge in [0.05, 0.1) is 16.5 Å². The Bertz CT molecular complexity index is 973. The number of anilines is 1. The number of ether oxygens (including phenoxy) is 1. The molecule has 0 bridgehead atoms. The van der Waals surface area contributed by atoms with E-state index < -0.39 is 17.8 Å². The van der Waals surface area contributed by atoms with Gasteiger partial charge in [0.15, 0.2) is 0 Å². The second-order valence-electron chi connectivity index (χ2n) is 5.61. The molecule has 3 aromatic rings. The van der Waals surface area contributed by atoms with Crippen LogP contribution in [-0.2, 0) is 0 Å². The molecule has 3 rings (SSSR count). The van der Waals surface area contributed by atoms with Crippen molar-refractivity contribution in [1.29, 1.82) is 0 Å². The van der Waals surface area contributed by atoms with Crippen LogP contribution in [0, 0.1) is 0 Å². The fourth-order valence-electron chi connectivity index (χ4n) is 2.49. The van der Waals surface area contributed by atoms with Gasteiger partial charge in [-0.15, -0.1) is 0 Å². The predicted molar refractivity (Wildman–Crippen MR) is 108 cm³/mol. The molecule has 144 valence electrons. The number of nitrogens with one attached hydrogen (secondary N) is 1. The zero-order valence-corrected chi connectivity index (χ0v) is 16.7. The lowest BCUT2D eigenvalue weighted by Crippen LogP contribution is -2.16. The normalized spacial score (nSPS) is 11.9. The van der Waals surface area contributed by atoms with Crippen LogP contribution in [0.5, 0.6) is 5.75 Å². The summed E-state index contributed by atoms with van der Waals surface area (Å²) < 4.78 is 29.4. The number of rotatable bonds is 6. The Morgan fingerprint density at radius 1 is 1.11 bits per heavy atom. The third-order valence-corrected chi connectivity index (χ3v) is 4.72. The standard InChI is InChI=1S/C19H14BrF2N3O2S/c20-15-10-11(7-9-23-15)17(28)16-14(2-1-8-24-16)18(26)25-12-3-5-13(6-4-12)27-19(21)22/h1-10,17,19,28H,(H,25,26). The lowest BCUT2D eigenvalue weighted by molar-refractivity contribution is -0.0498. The number of halogens is 3. The summed E-state index contributed by atoms with van der Waals surface area (Å²) in [5.41, 5.74) is 2.10. The number of hydrogen-bond donors (Lipinski definition) is 2. The third-order valence-electron chi connectivity index (χ3n) is 3.75. The van der Waals surface area contributed by atoms with Gasteiger partial charge in [0.2, 0.25) is 0 Å². The molecule has 0 aliphatic carbocycles. The molecule has 0 aliphatic heterocycles. The van der Waals surface area contributed by atoms with Crippen LogP contribution >= 0.6 is 28.6 Å². The third kappa shape index (κ3) is 5.05. The molecular weight excluding hydrogens is 452 g/mol. The van der Waals surface area contributed by atoms with E-state index in [1.54, 1.807) is 36.7 Å². The average molecular weight is 466 g/mol. The minimum absolute atomic E-state index is 0.00810. The van der Waals surface area contributed by atoms with Gasteiger partial charge in [-0.1, -0.05) is 0 Å². The highest BCUT2D eigenvalue weighted by atomic mass is 79.9. The first-order valence-corrected chi connectivity index (χ1v) is 9.35. The molecule has 1 aromatic carbocycles. The monoisotopic (exact) mass is 465 g/mol. The lowest BCUT2D eigenvalue weighted by atomic mass is 10.0. The number of aromatic nitrogens is 2. The van der Waals surface area contributed by atoms with E-state index in [2.05, 4.69) is 48.6 Å². The molecule has 0 saturated carbocycles. The lowest BCUT2D eigenvalue weighted by Gasteiger charge is -2.15. The number of nitrogens with zero attached hydrogens (tertiary/aromatic N) is 2. The van der Waals surface area contributed by atoms with E-state index >= 15 is 0 Å². The average Bonchev–Trinajstić information content (AvgIpc) is 2.68. The number of alkyl halides is 2. The van der Waals surface area contributed by atoms with Gasteiger partial charge in [0.1, 0.15) is 10.4 Å². The highest BCUT2D eigenvalue weighted by Crippen LogP contribution is 2.30. The van der Waals surface area contributed by atoms with Gasteiger partial charge >= 0.3 is 6.61 Å². The van der Waals surface area contributed by atoms with E-state index in [1.807, 2.05) is 0 Å². The van der Waals surface area contributed by atoms with E-state index in [0.29, 0.717) is 21.5 Å². The summed E-state index contributed by atoms with van der Waals surface area (Å²) in [7, 11) is 0. The number of carbonyl (C=O) groups excluding carboxylic acids is 1. The summed E-state index contributed by atoms with van der Waals surface area (Å²) in [4.78, 5) is 21.1. The van der Waals surface area contributed by atoms with Crippen molar-refractivity contribution in [2.24, 2.45) is 0 Å². The van der Waals surface area contributed by atoms with Gasteiger partial charge in [-0.25, -0.2) is 4.98 Å². The van der Waals surface area contributed by atoms with E-state index in [1.165, 1.54) is 24.3 Å². The topological polar surface area (TPSA) is 64.1 Å². The number of benzene rings is 1. The van der Waals surface area contributed by atoms with E-state index in [4.69, 9.17) is 0 Å². The van der Waals surface area contributed by atoms with E-state index in [0.717, 1.165) is 5.56 Å². The molecule has 1 N–H and O–H groups in total. The summed E-state index contributed by atoms with van der Waals surface area (Å²) in [5, 5.41) is 2.28. The second kappa shape index (κ2) is 9.11. The van der Waals surface area contributed by atoms with Crippen molar-refractivity contribution in [3.05, 3.63) is 82.3 Å². The minimum atomic E-state index is -2.90. The summed E-state index contributed by atoms with van der Waals surface area (Å²) >= 11 is 7.93. The Labute approximate surface area is 173 Å². The van der Waals surface area contributed by atoms with Gasteiger partial charge in [-0.05, 0) is 70.0 Å². The van der Waals surface area contributed by atoms with Crippen LogP contribution in [0.15, 0.2) is 65.5 Å². The SMILES string of the molecule is O=C(Nc1ccc(OC(F)F)cc1)c1cccnc1C(S)c1ccnc(Br)c1. The fourth-order valence-corrected chi connectivity index (χ4v) is 3.24. The zero-order valence-electron chi connectivity index (χ0n) is 14.2. The predicted octanol–water partition coefficient (Wildman–Crippen LogP) is 5.11. The van der Waals surface area contributed by atoms with E-state index in [9.17, 15) is 13.6 Å². The Morgan fingerprint density at radius 2 is 1.86 bits per heavy atom. The van der Waals surface area contributed by atoms with Crippen molar-refractivity contribution < 1.29 is 18.3 Å². The minimum Gasteiger partial charge on any atom is -0.435 e. The van der Waals surface area contributed by atoms with Crippen LogP contribution < -0.4 is 10.1 Å². The molecule has 28 heavy (non-hydrogen) atoms. The van der Waals surface area contributed by atoms with Crippen molar-refractivity contribution in [3.8, 4) is 5.75 Å². The van der Waals surface area contributed by atoms with Crippen LogP contribution in [-0.4, -0.2) is 22.5 Å². The molecular formula is C19H14BrF2N3O2S. The van der Waals surface area contributed by atoms with Gasteiger partial charge in [-0.3, -0.25) is 9.78 Å². The summed E-state index contributed by atoms with van der Waals surface area (Å²) in [6, 6.07) is 12.5. The molecule has 2 heterocycles. The smallest absolute Gasteiger partial charge is 0.387 e.